The van der Waals surface area contributed by atoms with Crippen molar-refractivity contribution in [1.82, 2.24) is 9.97 Å². The molecule has 0 aliphatic carbocycles. The topological polar surface area (TPSA) is 68.0 Å². The molecule has 150 valence electrons. The third kappa shape index (κ3) is 4.56. The third-order valence-corrected chi connectivity index (χ3v) is 5.60. The van der Waals surface area contributed by atoms with Crippen LogP contribution < -0.4 is 5.32 Å². The number of thioether (sulfide) groups is 1. The Balaban J connectivity index is 1.59. The van der Waals surface area contributed by atoms with Gasteiger partial charge in [-0.25, -0.2) is 9.97 Å². The van der Waals surface area contributed by atoms with Crippen molar-refractivity contribution in [3.63, 3.8) is 0 Å². The zero-order chi connectivity index (χ0) is 20.9. The fourth-order valence-electron chi connectivity index (χ4n) is 2.85. The van der Waals surface area contributed by atoms with E-state index < -0.39 is 5.25 Å². The van der Waals surface area contributed by atoms with Crippen molar-refractivity contribution >= 4 is 35.0 Å². The molecule has 0 saturated carbocycles. The summed E-state index contributed by atoms with van der Waals surface area (Å²) in [6.45, 7) is 1.79. The zero-order valence-electron chi connectivity index (χ0n) is 16.1. The summed E-state index contributed by atoms with van der Waals surface area (Å²) < 4.78 is 6.08. The van der Waals surface area contributed by atoms with Gasteiger partial charge in [0.1, 0.15) is 5.69 Å². The summed E-state index contributed by atoms with van der Waals surface area (Å²) in [5, 5.41) is 3.01. The standard InChI is InChI=1S/C23H18ClN3O2S/c1-15(22(28)26-18-13-8-14-25-21(18)24)30-23-27-19(16-9-4-2-5-10-16)20(29-23)17-11-6-3-7-12-17/h2-15H,1H3,(H,26,28). The molecule has 7 heteroatoms. The maximum absolute atomic E-state index is 12.6. The molecule has 5 nitrogen and oxygen atoms in total. The van der Waals surface area contributed by atoms with Crippen molar-refractivity contribution in [2.45, 2.75) is 17.4 Å². The first-order valence-electron chi connectivity index (χ1n) is 9.31. The van der Waals surface area contributed by atoms with Gasteiger partial charge in [-0.1, -0.05) is 84.0 Å². The van der Waals surface area contributed by atoms with E-state index in [2.05, 4.69) is 15.3 Å². The predicted octanol–water partition coefficient (Wildman–Crippen LogP) is 6.18. The Morgan fingerprint density at radius 1 is 1.00 bits per heavy atom. The number of amides is 1. The lowest BCUT2D eigenvalue weighted by molar-refractivity contribution is -0.115. The number of aromatic nitrogens is 2. The van der Waals surface area contributed by atoms with E-state index in [0.29, 0.717) is 16.7 Å². The second kappa shape index (κ2) is 9.15. The number of pyridine rings is 1. The largest absolute Gasteiger partial charge is 0.431 e. The number of carbonyl (C=O) groups is 1. The molecule has 0 fully saturated rings. The van der Waals surface area contributed by atoms with E-state index in [-0.39, 0.29) is 11.1 Å². The van der Waals surface area contributed by atoms with Crippen LogP contribution >= 0.6 is 23.4 Å². The van der Waals surface area contributed by atoms with Crippen LogP contribution in [-0.4, -0.2) is 21.1 Å². The van der Waals surface area contributed by atoms with Crippen molar-refractivity contribution in [1.29, 1.82) is 0 Å². The smallest absolute Gasteiger partial charge is 0.257 e. The second-order valence-electron chi connectivity index (χ2n) is 6.48. The van der Waals surface area contributed by atoms with Gasteiger partial charge >= 0.3 is 0 Å². The minimum atomic E-state index is -0.452. The number of benzene rings is 2. The molecule has 4 rings (SSSR count). The number of rotatable bonds is 6. The van der Waals surface area contributed by atoms with Crippen molar-refractivity contribution < 1.29 is 9.21 Å². The molecule has 2 aromatic heterocycles. The number of anilines is 1. The number of oxazole rings is 1. The lowest BCUT2D eigenvalue weighted by Crippen LogP contribution is -2.22. The first-order chi connectivity index (χ1) is 14.6. The molecular weight excluding hydrogens is 418 g/mol. The molecule has 1 amide bonds. The highest BCUT2D eigenvalue weighted by atomic mass is 35.5. The Bertz CT molecular complexity index is 1090. The second-order valence-corrected chi connectivity index (χ2v) is 8.13. The minimum Gasteiger partial charge on any atom is -0.431 e. The fraction of sp³-hybridized carbons (Fsp3) is 0.0870. The van der Waals surface area contributed by atoms with Gasteiger partial charge in [-0.2, -0.15) is 0 Å². The summed E-state index contributed by atoms with van der Waals surface area (Å²) in [7, 11) is 0. The van der Waals surface area contributed by atoms with Gasteiger partial charge in [0, 0.05) is 17.3 Å². The van der Waals surface area contributed by atoms with Gasteiger partial charge in [-0.3, -0.25) is 4.79 Å². The number of nitrogens with one attached hydrogen (secondary N) is 1. The Morgan fingerprint density at radius 3 is 2.33 bits per heavy atom. The van der Waals surface area contributed by atoms with E-state index in [1.807, 2.05) is 60.7 Å². The van der Waals surface area contributed by atoms with Crippen LogP contribution in [-0.2, 0) is 4.79 Å². The number of hydrogen-bond donors (Lipinski definition) is 1. The molecule has 0 radical (unpaired) electrons. The van der Waals surface area contributed by atoms with Crippen molar-refractivity contribution in [3.05, 3.63) is 84.1 Å². The van der Waals surface area contributed by atoms with Crippen LogP contribution in [0.4, 0.5) is 5.69 Å². The van der Waals surface area contributed by atoms with E-state index in [4.69, 9.17) is 16.0 Å². The molecule has 0 spiro atoms. The monoisotopic (exact) mass is 435 g/mol. The molecular formula is C23H18ClN3O2S. The first kappa shape index (κ1) is 20.2. The Labute approximate surface area is 183 Å². The fourth-order valence-corrected chi connectivity index (χ4v) is 3.76. The molecule has 2 heterocycles. The predicted molar refractivity (Wildman–Crippen MR) is 121 cm³/mol. The zero-order valence-corrected chi connectivity index (χ0v) is 17.7. The highest BCUT2D eigenvalue weighted by Gasteiger charge is 2.22. The molecule has 0 aliphatic heterocycles. The average molecular weight is 436 g/mol. The summed E-state index contributed by atoms with van der Waals surface area (Å²) in [5.74, 6) is 0.461. The van der Waals surface area contributed by atoms with E-state index in [1.165, 1.54) is 11.8 Å². The molecule has 0 aliphatic rings. The van der Waals surface area contributed by atoms with Gasteiger partial charge in [-0.05, 0) is 19.1 Å². The van der Waals surface area contributed by atoms with Gasteiger partial charge in [0.15, 0.2) is 10.9 Å². The molecule has 4 aromatic rings. The molecule has 30 heavy (non-hydrogen) atoms. The van der Waals surface area contributed by atoms with Crippen LogP contribution in [0.1, 0.15) is 6.92 Å². The highest BCUT2D eigenvalue weighted by molar-refractivity contribution is 8.00. The number of nitrogens with zero attached hydrogens (tertiary/aromatic N) is 2. The number of carbonyl (C=O) groups excluding carboxylic acids is 1. The van der Waals surface area contributed by atoms with Crippen LogP contribution in [0.3, 0.4) is 0 Å². The Hall–Kier alpha value is -3.09. The number of hydrogen-bond acceptors (Lipinski definition) is 5. The van der Waals surface area contributed by atoms with Crippen molar-refractivity contribution in [3.8, 4) is 22.6 Å². The van der Waals surface area contributed by atoms with E-state index in [9.17, 15) is 4.79 Å². The van der Waals surface area contributed by atoms with Crippen molar-refractivity contribution in [2.24, 2.45) is 0 Å². The van der Waals surface area contributed by atoms with Crippen LogP contribution in [0.15, 0.2) is 88.6 Å². The minimum absolute atomic E-state index is 0.212. The lowest BCUT2D eigenvalue weighted by atomic mass is 10.1. The lowest BCUT2D eigenvalue weighted by Gasteiger charge is -2.10. The van der Waals surface area contributed by atoms with Crippen LogP contribution in [0.5, 0.6) is 0 Å². The number of halogens is 1. The Morgan fingerprint density at radius 2 is 1.67 bits per heavy atom. The van der Waals surface area contributed by atoms with E-state index in [0.717, 1.165) is 16.8 Å². The van der Waals surface area contributed by atoms with Gasteiger partial charge in [0.2, 0.25) is 5.91 Å². The highest BCUT2D eigenvalue weighted by Crippen LogP contribution is 2.36. The summed E-state index contributed by atoms with van der Waals surface area (Å²) in [6, 6.07) is 23.1. The molecule has 1 unspecified atom stereocenters. The summed E-state index contributed by atoms with van der Waals surface area (Å²) in [5.41, 5.74) is 3.09. The van der Waals surface area contributed by atoms with Crippen LogP contribution in [0.2, 0.25) is 5.15 Å². The van der Waals surface area contributed by atoms with Crippen molar-refractivity contribution in [2.75, 3.05) is 5.32 Å². The summed E-state index contributed by atoms with van der Waals surface area (Å²) >= 11 is 7.28. The van der Waals surface area contributed by atoms with Gasteiger partial charge in [0.05, 0.1) is 10.9 Å². The normalized spacial score (nSPS) is 11.8. The maximum Gasteiger partial charge on any atom is 0.257 e. The molecule has 0 saturated heterocycles. The van der Waals surface area contributed by atoms with Crippen LogP contribution in [0.25, 0.3) is 22.6 Å². The van der Waals surface area contributed by atoms with E-state index >= 15 is 0 Å². The van der Waals surface area contributed by atoms with Gasteiger partial charge in [0.25, 0.3) is 5.22 Å². The summed E-state index contributed by atoms with van der Waals surface area (Å²) in [6.07, 6.45) is 1.57. The molecule has 1 N–H and O–H groups in total. The SMILES string of the molecule is CC(Sc1nc(-c2ccccc2)c(-c2ccccc2)o1)C(=O)Nc1cccnc1Cl. The Kier molecular flexibility index (Phi) is 6.16. The average Bonchev–Trinajstić information content (AvgIpc) is 3.20. The molecule has 1 atom stereocenters. The maximum atomic E-state index is 12.6. The van der Waals surface area contributed by atoms with Gasteiger partial charge < -0.3 is 9.73 Å². The summed E-state index contributed by atoms with van der Waals surface area (Å²) in [4.78, 5) is 21.3. The quantitative estimate of drug-likeness (QED) is 0.289. The molecule has 2 aromatic carbocycles. The third-order valence-electron chi connectivity index (χ3n) is 4.35. The first-order valence-corrected chi connectivity index (χ1v) is 10.6. The van der Waals surface area contributed by atoms with Gasteiger partial charge in [-0.15, -0.1) is 0 Å². The van der Waals surface area contributed by atoms with Crippen LogP contribution in [0, 0.1) is 0 Å². The molecule has 0 bridgehead atoms. The van der Waals surface area contributed by atoms with E-state index in [1.54, 1.807) is 25.3 Å².